The van der Waals surface area contributed by atoms with Crippen LogP contribution in [0.3, 0.4) is 0 Å². The first-order chi connectivity index (χ1) is 19.7. The summed E-state index contributed by atoms with van der Waals surface area (Å²) < 4.78 is 19.3. The number of hydrogen-bond acceptors (Lipinski definition) is 6. The molecular weight excluding hydrogens is 555 g/mol. The molecule has 11 nitrogen and oxygen atoms in total. The van der Waals surface area contributed by atoms with Crippen LogP contribution in [-0.4, -0.2) is 58.9 Å². The number of anilines is 3. The van der Waals surface area contributed by atoms with Crippen molar-refractivity contribution < 1.29 is 28.3 Å². The number of rotatable bonds is 3. The highest BCUT2D eigenvalue weighted by Gasteiger charge is 2.39. The number of benzene rings is 2. The number of ether oxygens (including phenoxy) is 1. The van der Waals surface area contributed by atoms with Crippen LogP contribution < -0.4 is 15.5 Å². The van der Waals surface area contributed by atoms with E-state index in [1.165, 1.54) is 30.2 Å². The molecule has 2 aliphatic rings. The van der Waals surface area contributed by atoms with Crippen molar-refractivity contribution in [3.63, 3.8) is 0 Å². The third-order valence-corrected chi connectivity index (χ3v) is 7.62. The zero-order chi connectivity index (χ0) is 29.3. The molecule has 2 unspecified atom stereocenters. The van der Waals surface area contributed by atoms with Crippen LogP contribution in [0, 0.1) is 11.7 Å². The lowest BCUT2D eigenvalue weighted by Crippen LogP contribution is -2.55. The first-order valence-corrected chi connectivity index (χ1v) is 13.5. The molecule has 3 aromatic rings. The van der Waals surface area contributed by atoms with E-state index in [-0.39, 0.29) is 35.6 Å². The van der Waals surface area contributed by atoms with Gasteiger partial charge in [-0.2, -0.15) is 0 Å². The minimum Gasteiger partial charge on any atom is -0.453 e. The van der Waals surface area contributed by atoms with Crippen LogP contribution in [0.25, 0.3) is 11.3 Å². The summed E-state index contributed by atoms with van der Waals surface area (Å²) in [5.41, 5.74) is 2.00. The van der Waals surface area contributed by atoms with Gasteiger partial charge in [-0.15, -0.1) is 0 Å². The lowest BCUT2D eigenvalue weighted by atomic mass is 9.98. The number of aromatic nitrogens is 2. The lowest BCUT2D eigenvalue weighted by Gasteiger charge is -2.38. The fourth-order valence-electron chi connectivity index (χ4n) is 5.09. The van der Waals surface area contributed by atoms with E-state index in [4.69, 9.17) is 11.6 Å². The topological polar surface area (TPSA) is 137 Å². The van der Waals surface area contributed by atoms with E-state index in [0.29, 0.717) is 47.7 Å². The van der Waals surface area contributed by atoms with E-state index in [2.05, 4.69) is 25.3 Å². The summed E-state index contributed by atoms with van der Waals surface area (Å²) in [4.78, 5) is 61.7. The Labute approximate surface area is 240 Å². The van der Waals surface area contributed by atoms with E-state index in [9.17, 15) is 23.6 Å². The van der Waals surface area contributed by atoms with E-state index in [1.807, 2.05) is 6.92 Å². The number of halogens is 2. The predicted octanol–water partition coefficient (Wildman–Crippen LogP) is 4.72. The van der Waals surface area contributed by atoms with Crippen LogP contribution in [0.15, 0.2) is 42.6 Å². The normalized spacial score (nSPS) is 19.6. The van der Waals surface area contributed by atoms with Crippen molar-refractivity contribution in [1.82, 2.24) is 14.9 Å². The smallest absolute Gasteiger partial charge is 0.411 e. The lowest BCUT2D eigenvalue weighted by molar-refractivity contribution is -0.148. The molecule has 13 heteroatoms. The molecule has 1 aromatic heterocycles. The van der Waals surface area contributed by atoms with Crippen molar-refractivity contribution in [3.05, 3.63) is 59.3 Å². The minimum absolute atomic E-state index is 0.0491. The van der Waals surface area contributed by atoms with Crippen LogP contribution in [0.2, 0.25) is 5.02 Å². The number of hydrogen-bond donors (Lipinski definition) is 3. The highest BCUT2D eigenvalue weighted by atomic mass is 35.5. The number of carbonyl (C=O) groups is 4. The first-order valence-electron chi connectivity index (χ1n) is 13.1. The zero-order valence-electron chi connectivity index (χ0n) is 22.4. The first kappa shape index (κ1) is 28.1. The molecule has 2 aromatic carbocycles. The van der Waals surface area contributed by atoms with Crippen molar-refractivity contribution in [2.45, 2.75) is 32.2 Å². The van der Waals surface area contributed by atoms with Gasteiger partial charge in [-0.25, -0.2) is 14.2 Å². The third kappa shape index (κ3) is 5.60. The van der Waals surface area contributed by atoms with Gasteiger partial charge < -0.3 is 19.9 Å². The number of nitrogens with one attached hydrogen (secondary N) is 3. The van der Waals surface area contributed by atoms with Crippen molar-refractivity contribution in [2.24, 2.45) is 5.92 Å². The predicted molar refractivity (Wildman–Crippen MR) is 150 cm³/mol. The van der Waals surface area contributed by atoms with Crippen LogP contribution in [0.4, 0.5) is 26.2 Å². The number of amides is 4. The molecule has 0 radical (unpaired) electrons. The maximum Gasteiger partial charge on any atom is 0.411 e. The number of methoxy groups -OCH3 is 1. The molecule has 1 saturated heterocycles. The van der Waals surface area contributed by atoms with Crippen LogP contribution in [0.5, 0.6) is 0 Å². The van der Waals surface area contributed by atoms with Gasteiger partial charge in [0.15, 0.2) is 5.82 Å². The summed E-state index contributed by atoms with van der Waals surface area (Å²) in [7, 11) is 1.25. The second-order valence-electron chi connectivity index (χ2n) is 9.92. The number of aromatic amines is 1. The van der Waals surface area contributed by atoms with Gasteiger partial charge in [-0.3, -0.25) is 24.6 Å². The largest absolute Gasteiger partial charge is 0.453 e. The maximum atomic E-state index is 14.7. The second-order valence-corrected chi connectivity index (χ2v) is 10.3. The molecule has 41 heavy (non-hydrogen) atoms. The average molecular weight is 583 g/mol. The molecule has 214 valence electrons. The van der Waals surface area contributed by atoms with Crippen molar-refractivity contribution in [3.8, 4) is 11.3 Å². The summed E-state index contributed by atoms with van der Waals surface area (Å²) in [6.45, 7) is 2.03. The highest BCUT2D eigenvalue weighted by molar-refractivity contribution is 6.41. The fourth-order valence-corrected chi connectivity index (χ4v) is 5.26. The van der Waals surface area contributed by atoms with Crippen LogP contribution in [0.1, 0.15) is 38.1 Å². The highest BCUT2D eigenvalue weighted by Crippen LogP contribution is 2.35. The zero-order valence-corrected chi connectivity index (χ0v) is 23.1. The Morgan fingerprint density at radius 1 is 1.15 bits per heavy atom. The Bertz CT molecular complexity index is 1530. The van der Waals surface area contributed by atoms with Crippen molar-refractivity contribution >= 4 is 52.5 Å². The van der Waals surface area contributed by atoms with E-state index >= 15 is 0 Å². The summed E-state index contributed by atoms with van der Waals surface area (Å²) in [6, 6.07) is 8.72. The van der Waals surface area contributed by atoms with Gasteiger partial charge in [0, 0.05) is 30.3 Å². The quantitative estimate of drug-likeness (QED) is 0.382. The monoisotopic (exact) mass is 582 g/mol. The molecule has 0 aliphatic carbocycles. The molecule has 4 amide bonds. The Morgan fingerprint density at radius 2 is 1.95 bits per heavy atom. The number of imidazole rings is 1. The molecule has 2 bridgehead atoms. The van der Waals surface area contributed by atoms with E-state index in [0.717, 1.165) is 4.90 Å². The number of H-pyrrole nitrogens is 1. The number of nitrogens with zero attached hydrogens (tertiary/aromatic N) is 3. The molecule has 3 heterocycles. The fraction of sp³-hybridized carbons (Fsp3) is 0.321. The van der Waals surface area contributed by atoms with Gasteiger partial charge >= 0.3 is 17.9 Å². The Hall–Kier alpha value is -4.45. The number of fused-ring (bicyclic) bond motifs is 4. The Morgan fingerprint density at radius 3 is 2.73 bits per heavy atom. The van der Waals surface area contributed by atoms with Crippen molar-refractivity contribution in [1.29, 1.82) is 0 Å². The van der Waals surface area contributed by atoms with Gasteiger partial charge in [-0.1, -0.05) is 31.0 Å². The Kier molecular flexibility index (Phi) is 7.93. The molecule has 0 spiro atoms. The molecule has 2 atom stereocenters. The van der Waals surface area contributed by atoms with Gasteiger partial charge in [0.05, 0.1) is 41.4 Å². The van der Waals surface area contributed by atoms with Gasteiger partial charge in [-0.05, 0) is 43.2 Å². The van der Waals surface area contributed by atoms with Gasteiger partial charge in [0.2, 0.25) is 5.91 Å². The molecule has 5 rings (SSSR count). The van der Waals surface area contributed by atoms with E-state index in [1.54, 1.807) is 24.4 Å². The number of piperazine rings is 1. The third-order valence-electron chi connectivity index (χ3n) is 7.32. The number of carbonyl (C=O) groups excluding carboxylic acids is 4. The summed E-state index contributed by atoms with van der Waals surface area (Å²) in [6.07, 6.45) is 2.47. The SMILES string of the molecule is COC(=O)Nc1ccc2c(c1)NC(=O)C(C)CCCC(N1CCN(c3cccc(Cl)c3F)C(=O)C1=O)c1ncc-2[nH]1. The van der Waals surface area contributed by atoms with Gasteiger partial charge in [0.1, 0.15) is 5.82 Å². The standard InChI is InChI=1S/C28H28ClFN6O5/c1-15-5-3-8-22(36-12-11-35(26(38)27(36)39)21-7-4-6-18(29)23(21)30)24-31-14-20(33-24)17-10-9-16(32-28(40)41-2)13-19(17)34-25(15)37/h4,6-7,9-10,13-15,22H,3,5,8,11-12H2,1-2H3,(H,31,33)(H,32,40)(H,34,37). The molecular formula is C28H28ClFN6O5. The summed E-state index contributed by atoms with van der Waals surface area (Å²) >= 11 is 5.90. The summed E-state index contributed by atoms with van der Waals surface area (Å²) in [5, 5.41) is 5.39. The van der Waals surface area contributed by atoms with Gasteiger partial charge in [0.25, 0.3) is 0 Å². The molecule has 1 fully saturated rings. The van der Waals surface area contributed by atoms with Crippen LogP contribution >= 0.6 is 11.6 Å². The minimum atomic E-state index is -0.862. The maximum absolute atomic E-state index is 14.7. The summed E-state index contributed by atoms with van der Waals surface area (Å²) in [5.74, 6) is -2.50. The molecule has 0 saturated carbocycles. The van der Waals surface area contributed by atoms with Crippen molar-refractivity contribution in [2.75, 3.05) is 35.7 Å². The average Bonchev–Trinajstić information content (AvgIpc) is 3.44. The van der Waals surface area contributed by atoms with Crippen LogP contribution in [-0.2, 0) is 19.1 Å². The Balaban J connectivity index is 1.47. The molecule has 2 aliphatic heterocycles. The molecule has 3 N–H and O–H groups in total. The second kappa shape index (κ2) is 11.6. The van der Waals surface area contributed by atoms with E-state index < -0.39 is 29.8 Å².